The molecule has 5 atom stereocenters. The van der Waals surface area contributed by atoms with Gasteiger partial charge in [0.05, 0.1) is 13.2 Å². The van der Waals surface area contributed by atoms with E-state index in [1.807, 2.05) is 0 Å². The van der Waals surface area contributed by atoms with Gasteiger partial charge in [0.1, 0.15) is 24.4 Å². The molecule has 1 rings (SSSR count). The molecule has 1 fully saturated rings. The first-order chi connectivity index (χ1) is 7.11. The van der Waals surface area contributed by atoms with Crippen LogP contribution in [0.15, 0.2) is 0 Å². The van der Waals surface area contributed by atoms with E-state index in [0.29, 0.717) is 0 Å². The summed E-state index contributed by atoms with van der Waals surface area (Å²) >= 11 is 4.52. The molecule has 7 heteroatoms. The topological polar surface area (TPSA) is 99.4 Å². The Bertz CT molecular complexity index is 211. The number of hydrogen-bond acceptors (Lipinski definition) is 7. The van der Waals surface area contributed by atoms with E-state index in [9.17, 15) is 15.3 Å². The molecule has 0 radical (unpaired) electrons. The summed E-state index contributed by atoms with van der Waals surface area (Å²) in [4.78, 5) is 0. The zero-order chi connectivity index (χ0) is 11.4. The molecule has 0 saturated carbocycles. The van der Waals surface area contributed by atoms with Gasteiger partial charge in [-0.25, -0.2) is 0 Å². The Morgan fingerprint density at radius 2 is 1.87 bits per heavy atom. The van der Waals surface area contributed by atoms with Crippen LogP contribution in [0.5, 0.6) is 0 Å². The van der Waals surface area contributed by atoms with Gasteiger partial charge in [0, 0.05) is 5.37 Å². The van der Waals surface area contributed by atoms with E-state index in [2.05, 4.69) is 12.2 Å². The first kappa shape index (κ1) is 12.9. The molecule has 0 aromatic heterocycles. The summed E-state index contributed by atoms with van der Waals surface area (Å²) in [6, 6.07) is 0. The van der Waals surface area contributed by atoms with Crippen LogP contribution in [0.4, 0.5) is 0 Å². The molecule has 0 aliphatic carbocycles. The summed E-state index contributed by atoms with van der Waals surface area (Å²) < 4.78 is 10.0. The Labute approximate surface area is 92.1 Å². The smallest absolute Gasteiger partial charge is 0.187 e. The van der Waals surface area contributed by atoms with E-state index in [-0.39, 0.29) is 6.61 Å². The van der Waals surface area contributed by atoms with Gasteiger partial charge >= 0.3 is 0 Å². The van der Waals surface area contributed by atoms with Crippen molar-refractivity contribution in [1.29, 1.82) is 0 Å². The van der Waals surface area contributed by atoms with E-state index >= 15 is 0 Å². The van der Waals surface area contributed by atoms with E-state index in [1.54, 1.807) is 0 Å². The van der Waals surface area contributed by atoms with Crippen LogP contribution < -0.4 is 0 Å². The number of aliphatic hydroxyl groups is 4. The summed E-state index contributed by atoms with van der Waals surface area (Å²) in [6.45, 7) is -0.402. The molecule has 4 N–H and O–H groups in total. The van der Waals surface area contributed by atoms with E-state index < -0.39 is 37.3 Å². The van der Waals surface area contributed by atoms with Gasteiger partial charge < -0.3 is 29.9 Å². The first-order valence-electron chi connectivity index (χ1n) is 4.47. The summed E-state index contributed by atoms with van der Waals surface area (Å²) in [5, 5.41) is 38.4. The molecule has 15 heavy (non-hydrogen) atoms. The highest BCUT2D eigenvalue weighted by molar-refractivity contribution is 7.79. The fourth-order valence-electron chi connectivity index (χ4n) is 1.34. The second kappa shape index (κ2) is 5.80. The van der Waals surface area contributed by atoms with Crippen LogP contribution in [0.2, 0.25) is 0 Å². The minimum absolute atomic E-state index is 0.0675. The molecule has 0 bridgehead atoms. The molecule has 0 spiro atoms. The SMILES string of the molecule is OC[C@H]1O[C@H](OCC=S)[C@H](O)[C@@H](O)[C@H]1O. The third-order valence-corrected chi connectivity index (χ3v) is 2.31. The second-order valence-corrected chi connectivity index (χ2v) is 3.53. The largest absolute Gasteiger partial charge is 0.394 e. The van der Waals surface area contributed by atoms with E-state index in [4.69, 9.17) is 14.6 Å². The standard InChI is InChI=1S/C8H14O6S/c9-3-4-5(10)6(11)7(12)8(14-4)13-1-2-15/h2,4-12H,1,3H2/t4-,5+,6+,7-,8+/m1/s1. The Morgan fingerprint density at radius 3 is 2.40 bits per heavy atom. The van der Waals surface area contributed by atoms with E-state index in [0.717, 1.165) is 0 Å². The zero-order valence-electron chi connectivity index (χ0n) is 7.89. The van der Waals surface area contributed by atoms with Gasteiger partial charge in [0.2, 0.25) is 0 Å². The number of thiocarbonyl (C=S) groups is 1. The Kier molecular flexibility index (Phi) is 5.00. The van der Waals surface area contributed by atoms with Crippen LogP contribution in [0.3, 0.4) is 0 Å². The molecular weight excluding hydrogens is 224 g/mol. The number of hydrogen-bond donors (Lipinski definition) is 4. The maximum atomic E-state index is 9.46. The van der Waals surface area contributed by atoms with Gasteiger partial charge in [0.15, 0.2) is 6.29 Å². The van der Waals surface area contributed by atoms with Crippen molar-refractivity contribution in [3.63, 3.8) is 0 Å². The monoisotopic (exact) mass is 238 g/mol. The first-order valence-corrected chi connectivity index (χ1v) is 4.94. The third kappa shape index (κ3) is 2.91. The predicted octanol–water partition coefficient (Wildman–Crippen LogP) is -2.20. The summed E-state index contributed by atoms with van der Waals surface area (Å²) in [5.74, 6) is 0. The maximum Gasteiger partial charge on any atom is 0.187 e. The van der Waals surface area contributed by atoms with Crippen molar-refractivity contribution in [2.24, 2.45) is 0 Å². The minimum Gasteiger partial charge on any atom is -0.394 e. The van der Waals surface area contributed by atoms with Crippen LogP contribution in [0, 0.1) is 0 Å². The highest BCUT2D eigenvalue weighted by Gasteiger charge is 2.43. The van der Waals surface area contributed by atoms with Crippen LogP contribution in [-0.4, -0.2) is 69.7 Å². The average molecular weight is 238 g/mol. The van der Waals surface area contributed by atoms with Crippen molar-refractivity contribution in [2.75, 3.05) is 13.2 Å². The molecule has 88 valence electrons. The molecule has 0 aromatic rings. The molecule has 1 heterocycles. The molecule has 0 unspecified atom stereocenters. The van der Waals surface area contributed by atoms with E-state index in [1.165, 1.54) is 5.37 Å². The molecule has 1 aliphatic heterocycles. The minimum atomic E-state index is -1.41. The number of aliphatic hydroxyl groups excluding tert-OH is 4. The molecule has 1 aliphatic rings. The molecule has 1 saturated heterocycles. The molecule has 0 aromatic carbocycles. The van der Waals surface area contributed by atoms with Crippen LogP contribution >= 0.6 is 12.2 Å². The summed E-state index contributed by atoms with van der Waals surface area (Å²) in [7, 11) is 0. The second-order valence-electron chi connectivity index (χ2n) is 3.20. The van der Waals surface area contributed by atoms with Gasteiger partial charge in [-0.15, -0.1) is 0 Å². The Morgan fingerprint density at radius 1 is 1.20 bits per heavy atom. The van der Waals surface area contributed by atoms with Crippen molar-refractivity contribution in [3.05, 3.63) is 0 Å². The average Bonchev–Trinajstić information content (AvgIpc) is 2.25. The van der Waals surface area contributed by atoms with Gasteiger partial charge in [0.25, 0.3) is 0 Å². The normalized spacial score (nSPS) is 41.5. The van der Waals surface area contributed by atoms with Crippen LogP contribution in [0.1, 0.15) is 0 Å². The van der Waals surface area contributed by atoms with Gasteiger partial charge in [-0.05, 0) is 0 Å². The lowest BCUT2D eigenvalue weighted by molar-refractivity contribution is -0.297. The fraction of sp³-hybridized carbons (Fsp3) is 0.875. The third-order valence-electron chi connectivity index (χ3n) is 2.18. The zero-order valence-corrected chi connectivity index (χ0v) is 8.71. The maximum absolute atomic E-state index is 9.46. The van der Waals surface area contributed by atoms with Crippen molar-refractivity contribution >= 4 is 17.6 Å². The van der Waals surface area contributed by atoms with Gasteiger partial charge in [-0.1, -0.05) is 12.2 Å². The number of rotatable bonds is 4. The van der Waals surface area contributed by atoms with Gasteiger partial charge in [-0.2, -0.15) is 0 Å². The Balaban J connectivity index is 2.60. The highest BCUT2D eigenvalue weighted by atomic mass is 32.1. The lowest BCUT2D eigenvalue weighted by atomic mass is 9.99. The highest BCUT2D eigenvalue weighted by Crippen LogP contribution is 2.21. The van der Waals surface area contributed by atoms with Crippen LogP contribution in [-0.2, 0) is 9.47 Å². The van der Waals surface area contributed by atoms with Crippen molar-refractivity contribution in [3.8, 4) is 0 Å². The van der Waals surface area contributed by atoms with Gasteiger partial charge in [-0.3, -0.25) is 0 Å². The lowest BCUT2D eigenvalue weighted by Crippen LogP contribution is -2.59. The van der Waals surface area contributed by atoms with Crippen molar-refractivity contribution < 1.29 is 29.9 Å². The lowest BCUT2D eigenvalue weighted by Gasteiger charge is -2.39. The van der Waals surface area contributed by atoms with Crippen molar-refractivity contribution in [1.82, 2.24) is 0 Å². The quantitative estimate of drug-likeness (QED) is 0.413. The molecule has 0 amide bonds. The number of ether oxygens (including phenoxy) is 2. The molecular formula is C8H14O6S. The Hall–Kier alpha value is -0.150. The van der Waals surface area contributed by atoms with Crippen molar-refractivity contribution in [2.45, 2.75) is 30.7 Å². The predicted molar refractivity (Wildman–Crippen MR) is 53.4 cm³/mol. The molecule has 6 nitrogen and oxygen atoms in total. The summed E-state index contributed by atoms with van der Waals surface area (Å²) in [6.07, 6.45) is -6.18. The van der Waals surface area contributed by atoms with Crippen LogP contribution in [0.25, 0.3) is 0 Å². The summed E-state index contributed by atoms with van der Waals surface area (Å²) in [5.41, 5.74) is 0. The fourth-order valence-corrected chi connectivity index (χ4v) is 1.42.